The summed E-state index contributed by atoms with van der Waals surface area (Å²) in [6.45, 7) is 5.84. The van der Waals surface area contributed by atoms with Crippen LogP contribution in [-0.4, -0.2) is 56.0 Å². The van der Waals surface area contributed by atoms with Gasteiger partial charge in [0.05, 0.1) is 23.4 Å². The fourth-order valence-electron chi connectivity index (χ4n) is 3.16. The number of rotatable bonds is 6. The van der Waals surface area contributed by atoms with Crippen molar-refractivity contribution in [1.29, 1.82) is 0 Å². The van der Waals surface area contributed by atoms with E-state index in [9.17, 15) is 4.79 Å². The summed E-state index contributed by atoms with van der Waals surface area (Å²) in [6.07, 6.45) is 2.18. The highest BCUT2D eigenvalue weighted by atomic mass is 35.5. The Balaban J connectivity index is 0.00000288. The first-order valence-corrected chi connectivity index (χ1v) is 8.44. The predicted molar refractivity (Wildman–Crippen MR) is 109 cm³/mol. The number of carbonyl (C=O) groups is 1. The number of methoxy groups -OCH3 is 1. The number of carbonyl (C=O) groups excluding carboxylic acids is 1. The second-order valence-corrected chi connectivity index (χ2v) is 6.65. The van der Waals surface area contributed by atoms with E-state index in [4.69, 9.17) is 22.1 Å². The first kappa shape index (κ1) is 24.1. The zero-order chi connectivity index (χ0) is 17.0. The van der Waals surface area contributed by atoms with Crippen LogP contribution in [0.15, 0.2) is 12.1 Å². The number of nitrogens with zero attached hydrogens (tertiary/aromatic N) is 2. The summed E-state index contributed by atoms with van der Waals surface area (Å²) in [5, 5.41) is 0.382. The van der Waals surface area contributed by atoms with Crippen molar-refractivity contribution >= 4 is 48.0 Å². The lowest BCUT2D eigenvalue weighted by atomic mass is 10.1. The Morgan fingerprint density at radius 2 is 2.12 bits per heavy atom. The normalized spacial score (nSPS) is 16.4. The maximum atomic E-state index is 12.8. The predicted octanol–water partition coefficient (Wildman–Crippen LogP) is 3.58. The fraction of sp³-hybridized carbons (Fsp3) is 0.588. The van der Waals surface area contributed by atoms with Crippen LogP contribution in [0.25, 0.3) is 0 Å². The molecular weight excluding hydrogens is 385 g/mol. The zero-order valence-electron chi connectivity index (χ0n) is 15.0. The minimum atomic E-state index is -0.0376. The summed E-state index contributed by atoms with van der Waals surface area (Å²) in [7, 11) is 3.67. The van der Waals surface area contributed by atoms with Gasteiger partial charge in [0.2, 0.25) is 0 Å². The molecule has 8 heteroatoms. The summed E-state index contributed by atoms with van der Waals surface area (Å²) in [5.41, 5.74) is 6.68. The van der Waals surface area contributed by atoms with E-state index in [2.05, 4.69) is 18.9 Å². The third-order valence-electron chi connectivity index (χ3n) is 4.30. The standard InChI is InChI=1S/C17H26ClN3O2.2ClH/c1-4-6-20(2)10-12-5-7-21(11-12)17(22)13-8-14(18)15(19)9-16(13)23-3;;/h8-9,12H,4-7,10-11,19H2,1-3H3;2*1H. The van der Waals surface area contributed by atoms with Gasteiger partial charge in [0.25, 0.3) is 5.91 Å². The van der Waals surface area contributed by atoms with Crippen molar-refractivity contribution < 1.29 is 9.53 Å². The van der Waals surface area contributed by atoms with Crippen LogP contribution < -0.4 is 10.5 Å². The second kappa shape index (κ2) is 11.0. The van der Waals surface area contributed by atoms with E-state index in [1.165, 1.54) is 7.11 Å². The molecule has 1 aromatic rings. The molecule has 2 rings (SSSR count). The molecule has 1 aliphatic heterocycles. The van der Waals surface area contributed by atoms with Gasteiger partial charge in [-0.25, -0.2) is 0 Å². The van der Waals surface area contributed by atoms with Gasteiger partial charge in [-0.1, -0.05) is 18.5 Å². The Bertz CT molecular complexity index is 572. The van der Waals surface area contributed by atoms with Gasteiger partial charge in [0.15, 0.2) is 0 Å². The molecule has 1 heterocycles. The molecule has 5 nitrogen and oxygen atoms in total. The van der Waals surface area contributed by atoms with Crippen LogP contribution in [0, 0.1) is 5.92 Å². The molecule has 25 heavy (non-hydrogen) atoms. The monoisotopic (exact) mass is 411 g/mol. The third kappa shape index (κ3) is 6.10. The Hall–Kier alpha value is -0.880. The van der Waals surface area contributed by atoms with Crippen LogP contribution in [0.2, 0.25) is 5.02 Å². The Labute approximate surface area is 167 Å². The molecule has 144 valence electrons. The van der Waals surface area contributed by atoms with Crippen LogP contribution >= 0.6 is 36.4 Å². The Morgan fingerprint density at radius 3 is 2.72 bits per heavy atom. The van der Waals surface area contributed by atoms with Gasteiger partial charge < -0.3 is 20.3 Å². The van der Waals surface area contributed by atoms with Crippen LogP contribution in [0.4, 0.5) is 5.69 Å². The van der Waals surface area contributed by atoms with Gasteiger partial charge in [-0.2, -0.15) is 0 Å². The van der Waals surface area contributed by atoms with Crippen molar-refractivity contribution in [2.75, 3.05) is 46.1 Å². The van der Waals surface area contributed by atoms with E-state index in [0.29, 0.717) is 27.9 Å². The number of hydrogen-bond acceptors (Lipinski definition) is 4. The van der Waals surface area contributed by atoms with Crippen molar-refractivity contribution in [3.63, 3.8) is 0 Å². The highest BCUT2D eigenvalue weighted by Gasteiger charge is 2.29. The lowest BCUT2D eigenvalue weighted by Crippen LogP contribution is -2.32. The summed E-state index contributed by atoms with van der Waals surface area (Å²) >= 11 is 6.07. The lowest BCUT2D eigenvalue weighted by molar-refractivity contribution is 0.0781. The van der Waals surface area contributed by atoms with Gasteiger partial charge in [-0.15, -0.1) is 24.8 Å². The van der Waals surface area contributed by atoms with Crippen LogP contribution in [0.5, 0.6) is 5.75 Å². The van der Waals surface area contributed by atoms with Crippen molar-refractivity contribution in [3.8, 4) is 5.75 Å². The molecule has 1 amide bonds. The largest absolute Gasteiger partial charge is 0.496 e. The molecule has 1 aliphatic rings. The lowest BCUT2D eigenvalue weighted by Gasteiger charge is -2.21. The molecule has 1 unspecified atom stereocenters. The van der Waals surface area contributed by atoms with E-state index < -0.39 is 0 Å². The molecule has 2 N–H and O–H groups in total. The molecule has 0 aromatic heterocycles. The zero-order valence-corrected chi connectivity index (χ0v) is 17.3. The number of anilines is 1. The van der Waals surface area contributed by atoms with Crippen LogP contribution in [0.3, 0.4) is 0 Å². The van der Waals surface area contributed by atoms with Crippen molar-refractivity contribution in [1.82, 2.24) is 9.80 Å². The number of nitrogens with two attached hydrogens (primary N) is 1. The molecular formula is C17H28Cl3N3O2. The Kier molecular flexibility index (Phi) is 10.6. The van der Waals surface area contributed by atoms with Crippen molar-refractivity contribution in [2.45, 2.75) is 19.8 Å². The molecule has 1 fully saturated rings. The van der Waals surface area contributed by atoms with Gasteiger partial charge in [0.1, 0.15) is 5.75 Å². The van der Waals surface area contributed by atoms with E-state index in [-0.39, 0.29) is 30.7 Å². The summed E-state index contributed by atoms with van der Waals surface area (Å²) in [6, 6.07) is 3.22. The molecule has 0 aliphatic carbocycles. The maximum Gasteiger partial charge on any atom is 0.257 e. The summed E-state index contributed by atoms with van der Waals surface area (Å²) in [5.74, 6) is 0.957. The van der Waals surface area contributed by atoms with Gasteiger partial charge in [0, 0.05) is 25.7 Å². The maximum absolute atomic E-state index is 12.8. The third-order valence-corrected chi connectivity index (χ3v) is 4.62. The molecule has 0 spiro atoms. The van der Waals surface area contributed by atoms with Crippen LogP contribution in [-0.2, 0) is 0 Å². The molecule has 0 saturated carbocycles. The summed E-state index contributed by atoms with van der Waals surface area (Å²) < 4.78 is 5.29. The van der Waals surface area contributed by atoms with Gasteiger partial charge in [-0.05, 0) is 38.4 Å². The quantitative estimate of drug-likeness (QED) is 0.726. The Morgan fingerprint density at radius 1 is 1.44 bits per heavy atom. The molecule has 1 atom stereocenters. The number of benzene rings is 1. The van der Waals surface area contributed by atoms with Crippen molar-refractivity contribution in [3.05, 3.63) is 22.7 Å². The molecule has 0 bridgehead atoms. The molecule has 0 radical (unpaired) electrons. The second-order valence-electron chi connectivity index (χ2n) is 6.24. The number of hydrogen-bond donors (Lipinski definition) is 1. The average molecular weight is 413 g/mol. The highest BCUT2D eigenvalue weighted by Crippen LogP contribution is 2.31. The number of halogens is 3. The highest BCUT2D eigenvalue weighted by molar-refractivity contribution is 6.33. The van der Waals surface area contributed by atoms with E-state index in [0.717, 1.165) is 39.0 Å². The van der Waals surface area contributed by atoms with E-state index >= 15 is 0 Å². The topological polar surface area (TPSA) is 58.8 Å². The number of likely N-dealkylation sites (tertiary alicyclic amines) is 1. The first-order valence-electron chi connectivity index (χ1n) is 8.07. The van der Waals surface area contributed by atoms with Crippen molar-refractivity contribution in [2.24, 2.45) is 5.92 Å². The minimum absolute atomic E-state index is 0. The van der Waals surface area contributed by atoms with Crippen LogP contribution in [0.1, 0.15) is 30.1 Å². The average Bonchev–Trinajstić information content (AvgIpc) is 2.97. The first-order chi connectivity index (χ1) is 11.0. The van der Waals surface area contributed by atoms with E-state index in [1.807, 2.05) is 4.90 Å². The number of amides is 1. The van der Waals surface area contributed by atoms with Gasteiger partial charge in [-0.3, -0.25) is 4.79 Å². The minimum Gasteiger partial charge on any atom is -0.496 e. The summed E-state index contributed by atoms with van der Waals surface area (Å²) in [4.78, 5) is 17.0. The number of ether oxygens (including phenoxy) is 1. The fourth-order valence-corrected chi connectivity index (χ4v) is 3.32. The molecule has 1 aromatic carbocycles. The van der Waals surface area contributed by atoms with Gasteiger partial charge >= 0.3 is 0 Å². The number of nitrogen functional groups attached to an aromatic ring is 1. The SMILES string of the molecule is CCCN(C)CC1CCN(C(=O)c2cc(Cl)c(N)cc2OC)C1.Cl.Cl. The van der Waals surface area contributed by atoms with E-state index in [1.54, 1.807) is 12.1 Å². The smallest absolute Gasteiger partial charge is 0.257 e. The molecule has 1 saturated heterocycles.